The van der Waals surface area contributed by atoms with Crippen LogP contribution in [0.15, 0.2) is 18.2 Å². The molecular weight excluding hydrogens is 228 g/mol. The smallest absolute Gasteiger partial charge is 0.324 e. The standard InChI is InChI=1S/C14H18N2O2/c1-5-14(3,11(9-15)13(17)18-4)12-8-6-7-10(2)16-12/h6-8,11H,5H2,1-4H3. The van der Waals surface area contributed by atoms with Crippen molar-refractivity contribution in [3.63, 3.8) is 0 Å². The van der Waals surface area contributed by atoms with Crippen molar-refractivity contribution < 1.29 is 9.53 Å². The van der Waals surface area contributed by atoms with E-state index in [1.807, 2.05) is 45.0 Å². The van der Waals surface area contributed by atoms with Crippen LogP contribution in [0.5, 0.6) is 0 Å². The van der Waals surface area contributed by atoms with Gasteiger partial charge in [-0.1, -0.05) is 19.9 Å². The molecule has 0 bridgehead atoms. The summed E-state index contributed by atoms with van der Waals surface area (Å²) in [5.74, 6) is -1.35. The lowest BCUT2D eigenvalue weighted by molar-refractivity contribution is -0.145. The Morgan fingerprint density at radius 3 is 2.72 bits per heavy atom. The molecule has 0 saturated carbocycles. The van der Waals surface area contributed by atoms with Gasteiger partial charge in [-0.15, -0.1) is 0 Å². The first kappa shape index (κ1) is 14.2. The fourth-order valence-electron chi connectivity index (χ4n) is 1.97. The minimum Gasteiger partial charge on any atom is -0.468 e. The molecule has 0 amide bonds. The number of rotatable bonds is 4. The number of pyridine rings is 1. The van der Waals surface area contributed by atoms with Gasteiger partial charge in [-0.05, 0) is 25.5 Å². The zero-order valence-corrected chi connectivity index (χ0v) is 11.2. The normalized spacial score (nSPS) is 15.3. The quantitative estimate of drug-likeness (QED) is 0.765. The van der Waals surface area contributed by atoms with E-state index in [-0.39, 0.29) is 0 Å². The van der Waals surface area contributed by atoms with Crippen LogP contribution in [0.1, 0.15) is 31.7 Å². The third-order valence-electron chi connectivity index (χ3n) is 3.41. The number of aryl methyl sites for hydroxylation is 1. The van der Waals surface area contributed by atoms with Crippen molar-refractivity contribution in [2.24, 2.45) is 5.92 Å². The van der Waals surface area contributed by atoms with Gasteiger partial charge >= 0.3 is 5.97 Å². The van der Waals surface area contributed by atoms with Crippen molar-refractivity contribution >= 4 is 5.97 Å². The highest BCUT2D eigenvalue weighted by atomic mass is 16.5. The van der Waals surface area contributed by atoms with Crippen molar-refractivity contribution in [1.29, 1.82) is 5.26 Å². The van der Waals surface area contributed by atoms with Gasteiger partial charge in [0.05, 0.1) is 13.2 Å². The molecule has 4 heteroatoms. The molecule has 0 aliphatic rings. The van der Waals surface area contributed by atoms with E-state index in [2.05, 4.69) is 4.98 Å². The number of ether oxygens (including phenoxy) is 1. The van der Waals surface area contributed by atoms with Crippen molar-refractivity contribution in [3.8, 4) is 6.07 Å². The van der Waals surface area contributed by atoms with E-state index in [1.54, 1.807) is 0 Å². The Labute approximate surface area is 108 Å². The topological polar surface area (TPSA) is 63.0 Å². The van der Waals surface area contributed by atoms with Gasteiger partial charge in [-0.2, -0.15) is 5.26 Å². The van der Waals surface area contributed by atoms with E-state index in [0.29, 0.717) is 6.42 Å². The minimum absolute atomic E-state index is 0.509. The van der Waals surface area contributed by atoms with Gasteiger partial charge in [0.1, 0.15) is 0 Å². The SMILES string of the molecule is CCC(C)(c1cccc(C)n1)C(C#N)C(=O)OC. The Morgan fingerprint density at radius 1 is 1.61 bits per heavy atom. The van der Waals surface area contributed by atoms with Crippen LogP contribution in [-0.2, 0) is 14.9 Å². The highest BCUT2D eigenvalue weighted by molar-refractivity contribution is 5.77. The second-order valence-corrected chi connectivity index (χ2v) is 4.52. The molecule has 0 N–H and O–H groups in total. The highest BCUT2D eigenvalue weighted by Gasteiger charge is 2.41. The zero-order chi connectivity index (χ0) is 13.8. The van der Waals surface area contributed by atoms with E-state index < -0.39 is 17.3 Å². The summed E-state index contributed by atoms with van der Waals surface area (Å²) in [7, 11) is 1.30. The van der Waals surface area contributed by atoms with Gasteiger partial charge in [0.15, 0.2) is 5.92 Å². The maximum Gasteiger partial charge on any atom is 0.324 e. The number of carbonyl (C=O) groups is 1. The summed E-state index contributed by atoms with van der Waals surface area (Å²) in [6, 6.07) is 7.67. The fraction of sp³-hybridized carbons (Fsp3) is 0.500. The van der Waals surface area contributed by atoms with Crippen LogP contribution in [0.25, 0.3) is 0 Å². The van der Waals surface area contributed by atoms with E-state index in [0.717, 1.165) is 11.4 Å². The Hall–Kier alpha value is -1.89. The lowest BCUT2D eigenvalue weighted by atomic mass is 9.72. The van der Waals surface area contributed by atoms with Gasteiger partial charge in [0, 0.05) is 16.8 Å². The number of methoxy groups -OCH3 is 1. The van der Waals surface area contributed by atoms with E-state index >= 15 is 0 Å². The molecule has 0 aromatic carbocycles. The van der Waals surface area contributed by atoms with E-state index in [1.165, 1.54) is 7.11 Å². The van der Waals surface area contributed by atoms with Gasteiger partial charge < -0.3 is 4.74 Å². The van der Waals surface area contributed by atoms with Crippen LogP contribution in [0.2, 0.25) is 0 Å². The summed E-state index contributed by atoms with van der Waals surface area (Å²) in [5.41, 5.74) is 0.990. The second kappa shape index (κ2) is 5.63. The molecule has 1 aromatic heterocycles. The number of carbonyl (C=O) groups excluding carboxylic acids is 1. The van der Waals surface area contributed by atoms with Crippen molar-refractivity contribution in [3.05, 3.63) is 29.6 Å². The predicted molar refractivity (Wildman–Crippen MR) is 67.7 cm³/mol. The molecule has 1 aromatic rings. The molecule has 0 saturated heterocycles. The number of esters is 1. The first-order valence-corrected chi connectivity index (χ1v) is 5.91. The Bertz CT molecular complexity index is 479. The molecule has 0 radical (unpaired) electrons. The molecular formula is C14H18N2O2. The molecule has 0 aliphatic carbocycles. The number of hydrogen-bond acceptors (Lipinski definition) is 4. The molecule has 4 nitrogen and oxygen atoms in total. The fourth-order valence-corrected chi connectivity index (χ4v) is 1.97. The summed E-state index contributed by atoms with van der Waals surface area (Å²) >= 11 is 0. The average Bonchev–Trinajstić information content (AvgIpc) is 2.38. The first-order valence-electron chi connectivity index (χ1n) is 5.91. The lowest BCUT2D eigenvalue weighted by Gasteiger charge is -2.30. The highest BCUT2D eigenvalue weighted by Crippen LogP contribution is 2.35. The Balaban J connectivity index is 3.28. The lowest BCUT2D eigenvalue weighted by Crippen LogP contribution is -2.37. The van der Waals surface area contributed by atoms with E-state index in [9.17, 15) is 10.1 Å². The molecule has 0 aliphatic heterocycles. The van der Waals surface area contributed by atoms with Crippen LogP contribution < -0.4 is 0 Å². The summed E-state index contributed by atoms with van der Waals surface area (Å²) in [5, 5.41) is 9.25. The van der Waals surface area contributed by atoms with Crippen LogP contribution >= 0.6 is 0 Å². The van der Waals surface area contributed by atoms with Gasteiger partial charge in [0.2, 0.25) is 0 Å². The molecule has 1 rings (SSSR count). The Morgan fingerprint density at radius 2 is 2.28 bits per heavy atom. The minimum atomic E-state index is -0.846. The zero-order valence-electron chi connectivity index (χ0n) is 11.2. The average molecular weight is 246 g/mol. The van der Waals surface area contributed by atoms with Crippen LogP contribution in [0, 0.1) is 24.2 Å². The summed E-state index contributed by atoms with van der Waals surface area (Å²) in [6.07, 6.45) is 0.636. The monoisotopic (exact) mass is 246 g/mol. The van der Waals surface area contributed by atoms with E-state index in [4.69, 9.17) is 4.74 Å². The number of nitrogens with zero attached hydrogens (tertiary/aromatic N) is 2. The largest absolute Gasteiger partial charge is 0.468 e. The van der Waals surface area contributed by atoms with Crippen molar-refractivity contribution in [1.82, 2.24) is 4.98 Å². The number of nitriles is 1. The summed E-state index contributed by atoms with van der Waals surface area (Å²) in [6.45, 7) is 5.70. The molecule has 96 valence electrons. The first-order chi connectivity index (χ1) is 8.49. The molecule has 2 atom stereocenters. The summed E-state index contributed by atoms with van der Waals surface area (Å²) < 4.78 is 4.71. The maximum absolute atomic E-state index is 11.7. The number of aromatic nitrogens is 1. The molecule has 0 fully saturated rings. The second-order valence-electron chi connectivity index (χ2n) is 4.52. The van der Waals surface area contributed by atoms with Crippen LogP contribution in [-0.4, -0.2) is 18.1 Å². The molecule has 2 unspecified atom stereocenters. The maximum atomic E-state index is 11.7. The van der Waals surface area contributed by atoms with Gasteiger partial charge in [-0.25, -0.2) is 0 Å². The van der Waals surface area contributed by atoms with Crippen LogP contribution in [0.3, 0.4) is 0 Å². The van der Waals surface area contributed by atoms with Crippen LogP contribution in [0.4, 0.5) is 0 Å². The number of hydrogen-bond donors (Lipinski definition) is 0. The van der Waals surface area contributed by atoms with Gasteiger partial charge in [-0.3, -0.25) is 9.78 Å². The predicted octanol–water partition coefficient (Wildman–Crippen LogP) is 2.37. The van der Waals surface area contributed by atoms with Crippen molar-refractivity contribution in [2.45, 2.75) is 32.6 Å². The third kappa shape index (κ3) is 2.51. The van der Waals surface area contributed by atoms with Crippen molar-refractivity contribution in [2.75, 3.05) is 7.11 Å². The third-order valence-corrected chi connectivity index (χ3v) is 3.41. The molecule has 18 heavy (non-hydrogen) atoms. The summed E-state index contributed by atoms with van der Waals surface area (Å²) in [4.78, 5) is 16.2. The molecule has 1 heterocycles. The van der Waals surface area contributed by atoms with Gasteiger partial charge in [0.25, 0.3) is 0 Å². The molecule has 0 spiro atoms. The Kier molecular flexibility index (Phi) is 4.43.